The fourth-order valence-corrected chi connectivity index (χ4v) is 2.58. The Kier molecular flexibility index (Phi) is 4.35. The van der Waals surface area contributed by atoms with E-state index in [-0.39, 0.29) is 5.56 Å². The second-order valence-electron chi connectivity index (χ2n) is 4.89. The van der Waals surface area contributed by atoms with E-state index in [1.54, 1.807) is 0 Å². The van der Waals surface area contributed by atoms with Crippen LogP contribution in [0.3, 0.4) is 0 Å². The van der Waals surface area contributed by atoms with E-state index in [1.807, 2.05) is 0 Å². The molecule has 2 rings (SSSR count). The molecule has 0 aromatic heterocycles. The van der Waals surface area contributed by atoms with Crippen LogP contribution in [0.1, 0.15) is 12.5 Å². The van der Waals surface area contributed by atoms with Crippen LogP contribution in [-0.2, 0) is 6.54 Å². The molecule has 1 aromatic carbocycles. The minimum Gasteiger partial charge on any atom is -0.301 e. The van der Waals surface area contributed by atoms with Crippen LogP contribution in [0, 0.1) is 11.6 Å². The molecule has 1 aliphatic heterocycles. The highest BCUT2D eigenvalue weighted by Crippen LogP contribution is 2.23. The monoisotopic (exact) mass is 318 g/mol. The molecule has 100 valence electrons. The van der Waals surface area contributed by atoms with Crippen LogP contribution in [0.25, 0.3) is 0 Å². The van der Waals surface area contributed by atoms with E-state index < -0.39 is 11.6 Å². The van der Waals surface area contributed by atoms with Crippen molar-refractivity contribution in [3.63, 3.8) is 0 Å². The van der Waals surface area contributed by atoms with Crippen molar-refractivity contribution in [1.29, 1.82) is 0 Å². The average molecular weight is 319 g/mol. The fourth-order valence-electron chi connectivity index (χ4n) is 2.21. The molecule has 0 N–H and O–H groups in total. The lowest BCUT2D eigenvalue weighted by molar-refractivity contribution is 0.0981. The number of nitrogens with zero attached hydrogens (tertiary/aromatic N) is 2. The van der Waals surface area contributed by atoms with Crippen molar-refractivity contribution < 1.29 is 8.78 Å². The molecular formula is C13H17BrF2N2. The second kappa shape index (κ2) is 5.63. The van der Waals surface area contributed by atoms with Gasteiger partial charge in [-0.2, -0.15) is 0 Å². The molecule has 1 saturated heterocycles. The van der Waals surface area contributed by atoms with Crippen LogP contribution >= 0.6 is 15.9 Å². The third kappa shape index (κ3) is 2.90. The van der Waals surface area contributed by atoms with Crippen LogP contribution in [0.5, 0.6) is 0 Å². The van der Waals surface area contributed by atoms with Crippen molar-refractivity contribution in [3.8, 4) is 0 Å². The first-order valence-electron chi connectivity index (χ1n) is 6.04. The van der Waals surface area contributed by atoms with E-state index in [0.717, 1.165) is 19.6 Å². The second-order valence-corrected chi connectivity index (χ2v) is 5.74. The molecule has 0 amide bonds. The normalized spacial score (nSPS) is 22.4. The van der Waals surface area contributed by atoms with Gasteiger partial charge < -0.3 is 4.90 Å². The Morgan fingerprint density at radius 1 is 1.33 bits per heavy atom. The van der Waals surface area contributed by atoms with Crippen molar-refractivity contribution in [3.05, 3.63) is 33.8 Å². The van der Waals surface area contributed by atoms with Gasteiger partial charge >= 0.3 is 0 Å². The fraction of sp³-hybridized carbons (Fsp3) is 0.538. The van der Waals surface area contributed by atoms with Gasteiger partial charge in [0.05, 0.1) is 4.47 Å². The summed E-state index contributed by atoms with van der Waals surface area (Å²) in [5.74, 6) is -0.955. The maximum Gasteiger partial charge on any atom is 0.144 e. The predicted molar refractivity (Wildman–Crippen MR) is 71.4 cm³/mol. The molecule has 1 aromatic rings. The zero-order valence-corrected chi connectivity index (χ0v) is 12.2. The maximum atomic E-state index is 13.9. The first-order valence-corrected chi connectivity index (χ1v) is 6.83. The number of hydrogen-bond acceptors (Lipinski definition) is 2. The summed E-state index contributed by atoms with van der Waals surface area (Å²) >= 11 is 3.10. The molecule has 18 heavy (non-hydrogen) atoms. The Bertz CT molecular complexity index is 439. The van der Waals surface area contributed by atoms with Crippen molar-refractivity contribution in [2.24, 2.45) is 0 Å². The first kappa shape index (κ1) is 13.9. The van der Waals surface area contributed by atoms with E-state index in [2.05, 4.69) is 39.7 Å². The Morgan fingerprint density at radius 3 is 2.72 bits per heavy atom. The van der Waals surface area contributed by atoms with Gasteiger partial charge in [0, 0.05) is 37.8 Å². The third-order valence-corrected chi connectivity index (χ3v) is 4.18. The van der Waals surface area contributed by atoms with Crippen LogP contribution in [-0.4, -0.2) is 42.5 Å². The zero-order chi connectivity index (χ0) is 13.3. The SMILES string of the molecule is CC1CN(Cc2c(F)ccc(Br)c2F)CCN1C. The largest absolute Gasteiger partial charge is 0.301 e. The van der Waals surface area contributed by atoms with Crippen molar-refractivity contribution >= 4 is 15.9 Å². The molecule has 0 radical (unpaired) electrons. The van der Waals surface area contributed by atoms with Gasteiger partial charge in [-0.25, -0.2) is 8.78 Å². The highest BCUT2D eigenvalue weighted by atomic mass is 79.9. The van der Waals surface area contributed by atoms with Crippen LogP contribution in [0.15, 0.2) is 16.6 Å². The molecule has 5 heteroatoms. The lowest BCUT2D eigenvalue weighted by Crippen LogP contribution is -2.49. The number of piperazine rings is 1. The van der Waals surface area contributed by atoms with Gasteiger partial charge in [0.2, 0.25) is 0 Å². The number of likely N-dealkylation sites (N-methyl/N-ethyl adjacent to an activating group) is 1. The summed E-state index contributed by atoms with van der Waals surface area (Å²) in [6.45, 7) is 5.06. The third-order valence-electron chi connectivity index (χ3n) is 3.56. The summed E-state index contributed by atoms with van der Waals surface area (Å²) in [7, 11) is 2.07. The Hall–Kier alpha value is -0.520. The molecule has 1 unspecified atom stereocenters. The highest BCUT2D eigenvalue weighted by Gasteiger charge is 2.23. The van der Waals surface area contributed by atoms with Crippen molar-refractivity contribution in [2.75, 3.05) is 26.7 Å². The maximum absolute atomic E-state index is 13.9. The number of rotatable bonds is 2. The van der Waals surface area contributed by atoms with Gasteiger partial charge in [0.1, 0.15) is 11.6 Å². The molecule has 1 atom stereocenters. The van der Waals surface area contributed by atoms with Gasteiger partial charge in [-0.1, -0.05) is 0 Å². The number of benzene rings is 1. The molecule has 0 aliphatic carbocycles. The smallest absolute Gasteiger partial charge is 0.144 e. The highest BCUT2D eigenvalue weighted by molar-refractivity contribution is 9.10. The molecular weight excluding hydrogens is 302 g/mol. The number of hydrogen-bond donors (Lipinski definition) is 0. The van der Waals surface area contributed by atoms with Gasteiger partial charge in [-0.15, -0.1) is 0 Å². The lowest BCUT2D eigenvalue weighted by Gasteiger charge is -2.37. The molecule has 0 bridgehead atoms. The molecule has 1 aliphatic rings. The van der Waals surface area contributed by atoms with E-state index in [9.17, 15) is 8.78 Å². The van der Waals surface area contributed by atoms with Crippen LogP contribution < -0.4 is 0 Å². The van der Waals surface area contributed by atoms with E-state index in [4.69, 9.17) is 0 Å². The topological polar surface area (TPSA) is 6.48 Å². The van der Waals surface area contributed by atoms with E-state index in [1.165, 1.54) is 12.1 Å². The van der Waals surface area contributed by atoms with Gasteiger partial charge in [-0.3, -0.25) is 4.90 Å². The minimum atomic E-state index is -0.485. The zero-order valence-electron chi connectivity index (χ0n) is 10.6. The van der Waals surface area contributed by atoms with Crippen molar-refractivity contribution in [2.45, 2.75) is 19.5 Å². The molecule has 1 heterocycles. The summed E-state index contributed by atoms with van der Waals surface area (Å²) in [6, 6.07) is 3.12. The standard InChI is InChI=1S/C13H17BrF2N2/c1-9-7-18(6-5-17(9)2)8-10-12(15)4-3-11(14)13(10)16/h3-4,9H,5-8H2,1-2H3. The van der Waals surface area contributed by atoms with Gasteiger partial charge in [0.25, 0.3) is 0 Å². The molecule has 0 saturated carbocycles. The summed E-state index contributed by atoms with van der Waals surface area (Å²) in [4.78, 5) is 4.35. The Morgan fingerprint density at radius 2 is 2.06 bits per heavy atom. The predicted octanol–water partition coefficient (Wildman–Crippen LogP) is 2.86. The van der Waals surface area contributed by atoms with E-state index >= 15 is 0 Å². The van der Waals surface area contributed by atoms with Crippen molar-refractivity contribution in [1.82, 2.24) is 9.80 Å². The summed E-state index contributed by atoms with van der Waals surface area (Å²) in [5, 5.41) is 0. The van der Waals surface area contributed by atoms with Gasteiger partial charge in [-0.05, 0) is 42.0 Å². The quantitative estimate of drug-likeness (QED) is 0.774. The van der Waals surface area contributed by atoms with Crippen LogP contribution in [0.4, 0.5) is 8.78 Å². The van der Waals surface area contributed by atoms with E-state index in [0.29, 0.717) is 17.1 Å². The first-order chi connectivity index (χ1) is 8.49. The number of halogens is 3. The molecule has 0 spiro atoms. The van der Waals surface area contributed by atoms with Crippen LogP contribution in [0.2, 0.25) is 0 Å². The lowest BCUT2D eigenvalue weighted by atomic mass is 10.1. The molecule has 2 nitrogen and oxygen atoms in total. The molecule has 1 fully saturated rings. The Balaban J connectivity index is 2.13. The minimum absolute atomic E-state index is 0.154. The summed E-state index contributed by atoms with van der Waals surface area (Å²) in [6.07, 6.45) is 0. The van der Waals surface area contributed by atoms with Gasteiger partial charge in [0.15, 0.2) is 0 Å². The Labute approximate surface area is 115 Å². The summed E-state index contributed by atoms with van der Waals surface area (Å²) < 4.78 is 27.8. The summed E-state index contributed by atoms with van der Waals surface area (Å²) in [5.41, 5.74) is 0.154. The average Bonchev–Trinajstić information content (AvgIpc) is 2.34.